The topological polar surface area (TPSA) is 76.3 Å². The number of benzene rings is 2. The molecule has 29 heavy (non-hydrogen) atoms. The monoisotopic (exact) mass is 415 g/mol. The van der Waals surface area contributed by atoms with Crippen molar-refractivity contribution in [3.05, 3.63) is 47.5 Å². The van der Waals surface area contributed by atoms with E-state index < -0.39 is 5.82 Å². The molecule has 0 aliphatic carbocycles. The fraction of sp³-hybridized carbons (Fsp3) is 0.333. The Morgan fingerprint density at radius 1 is 1.28 bits per heavy atom. The molecule has 1 aliphatic heterocycles. The van der Waals surface area contributed by atoms with Gasteiger partial charge in [0.05, 0.1) is 22.8 Å². The molecule has 1 aliphatic rings. The normalized spacial score (nSPS) is 19.6. The predicted molar refractivity (Wildman–Crippen MR) is 114 cm³/mol. The molecule has 1 saturated heterocycles. The number of fused-ring (bicyclic) bond motifs is 1. The number of likely N-dealkylation sites (tertiary alicyclic amines) is 1. The first kappa shape index (κ1) is 19.7. The lowest BCUT2D eigenvalue weighted by molar-refractivity contribution is 0.230. The number of aromatic nitrogens is 2. The Kier molecular flexibility index (Phi) is 5.43. The largest absolute Gasteiger partial charge is 0.491 e. The molecule has 2 aromatic carbocycles. The van der Waals surface area contributed by atoms with Gasteiger partial charge in [-0.1, -0.05) is 18.5 Å². The number of rotatable bonds is 5. The molecule has 1 fully saturated rings. The molecule has 6 nitrogen and oxygen atoms in total. The molecule has 0 bridgehead atoms. The molecular weight excluding hydrogens is 393 g/mol. The molecule has 4 rings (SSSR count). The first-order chi connectivity index (χ1) is 13.9. The van der Waals surface area contributed by atoms with Crippen molar-refractivity contribution in [2.75, 3.05) is 37.8 Å². The quantitative estimate of drug-likeness (QED) is 0.604. The second-order valence-electron chi connectivity index (χ2n) is 7.65. The third kappa shape index (κ3) is 4.21. The highest BCUT2D eigenvalue weighted by Gasteiger charge is 2.28. The Morgan fingerprint density at radius 2 is 2.10 bits per heavy atom. The van der Waals surface area contributed by atoms with Gasteiger partial charge in [-0.05, 0) is 37.2 Å². The van der Waals surface area contributed by atoms with E-state index in [-0.39, 0.29) is 5.02 Å². The van der Waals surface area contributed by atoms with Crippen molar-refractivity contribution in [3.63, 3.8) is 0 Å². The summed E-state index contributed by atoms with van der Waals surface area (Å²) in [5.41, 5.74) is 8.10. The third-order valence-corrected chi connectivity index (χ3v) is 5.64. The van der Waals surface area contributed by atoms with Crippen molar-refractivity contribution in [2.45, 2.75) is 6.92 Å². The van der Waals surface area contributed by atoms with Crippen LogP contribution < -0.4 is 15.8 Å². The molecule has 152 valence electrons. The van der Waals surface area contributed by atoms with Gasteiger partial charge in [0.1, 0.15) is 23.7 Å². The van der Waals surface area contributed by atoms with Crippen molar-refractivity contribution < 1.29 is 9.13 Å². The van der Waals surface area contributed by atoms with E-state index in [1.54, 1.807) is 12.1 Å². The van der Waals surface area contributed by atoms with Crippen molar-refractivity contribution >= 4 is 39.7 Å². The lowest BCUT2D eigenvalue weighted by Gasteiger charge is -2.17. The van der Waals surface area contributed by atoms with E-state index in [1.165, 1.54) is 18.5 Å². The number of halogens is 2. The number of nitrogen functional groups attached to an aromatic ring is 1. The van der Waals surface area contributed by atoms with Crippen LogP contribution in [0.3, 0.4) is 0 Å². The van der Waals surface area contributed by atoms with Crippen LogP contribution in [0, 0.1) is 17.7 Å². The number of nitrogens with one attached hydrogen (secondary N) is 1. The van der Waals surface area contributed by atoms with Crippen LogP contribution in [0.4, 0.5) is 21.6 Å². The van der Waals surface area contributed by atoms with Crippen molar-refractivity contribution in [3.8, 4) is 5.75 Å². The summed E-state index contributed by atoms with van der Waals surface area (Å²) in [4.78, 5) is 10.9. The summed E-state index contributed by atoms with van der Waals surface area (Å²) < 4.78 is 19.4. The Bertz CT molecular complexity index is 1050. The average Bonchev–Trinajstić information content (AvgIpc) is 3.01. The van der Waals surface area contributed by atoms with Gasteiger partial charge in [0.15, 0.2) is 0 Å². The van der Waals surface area contributed by atoms with Crippen LogP contribution in [0.2, 0.25) is 5.02 Å². The molecule has 0 radical (unpaired) electrons. The van der Waals surface area contributed by atoms with E-state index in [1.807, 2.05) is 6.07 Å². The standard InChI is InChI=1S/C21H23ClFN5O/c1-12-8-28(2)9-13(12)10-29-20-7-19-15(6-18(20)24)21(26-11-25-19)27-14-3-4-17(23)16(22)5-14/h3-7,11-13H,8-10,24H2,1-2H3,(H,25,26,27). The Morgan fingerprint density at radius 3 is 2.83 bits per heavy atom. The maximum Gasteiger partial charge on any atom is 0.144 e. The van der Waals surface area contributed by atoms with Crippen LogP contribution in [0.15, 0.2) is 36.7 Å². The first-order valence-electron chi connectivity index (χ1n) is 9.48. The summed E-state index contributed by atoms with van der Waals surface area (Å²) in [7, 11) is 2.13. The average molecular weight is 416 g/mol. The van der Waals surface area contributed by atoms with E-state index in [4.69, 9.17) is 22.1 Å². The first-order valence-corrected chi connectivity index (χ1v) is 9.86. The van der Waals surface area contributed by atoms with Crippen LogP contribution in [0.5, 0.6) is 5.75 Å². The van der Waals surface area contributed by atoms with Gasteiger partial charge in [0.2, 0.25) is 0 Å². The fourth-order valence-electron chi connectivity index (χ4n) is 3.75. The van der Waals surface area contributed by atoms with Crippen LogP contribution >= 0.6 is 11.6 Å². The van der Waals surface area contributed by atoms with Gasteiger partial charge in [0, 0.05) is 36.1 Å². The molecule has 2 unspecified atom stereocenters. The number of hydrogen-bond donors (Lipinski definition) is 2. The van der Waals surface area contributed by atoms with Crippen molar-refractivity contribution in [1.29, 1.82) is 0 Å². The third-order valence-electron chi connectivity index (χ3n) is 5.35. The maximum absolute atomic E-state index is 13.4. The molecule has 1 aromatic heterocycles. The molecule has 3 aromatic rings. The van der Waals surface area contributed by atoms with E-state index in [0.717, 1.165) is 18.5 Å². The Balaban J connectivity index is 1.57. The molecule has 8 heteroatoms. The van der Waals surface area contributed by atoms with E-state index >= 15 is 0 Å². The Hall–Kier alpha value is -2.64. The minimum atomic E-state index is -0.474. The van der Waals surface area contributed by atoms with Gasteiger partial charge < -0.3 is 20.7 Å². The molecule has 0 spiro atoms. The predicted octanol–water partition coefficient (Wildman–Crippen LogP) is 4.32. The Labute approximate surface area is 173 Å². The second-order valence-corrected chi connectivity index (χ2v) is 8.06. The van der Waals surface area contributed by atoms with Gasteiger partial charge in [-0.25, -0.2) is 14.4 Å². The minimum absolute atomic E-state index is 0.0374. The second kappa shape index (κ2) is 8.00. The zero-order valence-corrected chi connectivity index (χ0v) is 17.1. The fourth-order valence-corrected chi connectivity index (χ4v) is 3.93. The van der Waals surface area contributed by atoms with E-state index in [0.29, 0.717) is 46.9 Å². The van der Waals surface area contributed by atoms with Crippen LogP contribution in [0.25, 0.3) is 10.9 Å². The van der Waals surface area contributed by atoms with E-state index in [2.05, 4.69) is 34.2 Å². The van der Waals surface area contributed by atoms with Gasteiger partial charge >= 0.3 is 0 Å². The number of nitrogens with zero attached hydrogens (tertiary/aromatic N) is 3. The molecule has 3 N–H and O–H groups in total. The molecule has 2 atom stereocenters. The SMILES string of the molecule is CC1CN(C)CC1COc1cc2ncnc(Nc3ccc(F)c(Cl)c3)c2cc1N. The van der Waals surface area contributed by atoms with Gasteiger partial charge in [-0.3, -0.25) is 0 Å². The number of hydrogen-bond acceptors (Lipinski definition) is 6. The summed E-state index contributed by atoms with van der Waals surface area (Å²) in [6.45, 7) is 4.96. The summed E-state index contributed by atoms with van der Waals surface area (Å²) in [5.74, 6) is 1.76. The lowest BCUT2D eigenvalue weighted by atomic mass is 9.99. The van der Waals surface area contributed by atoms with Crippen LogP contribution in [-0.2, 0) is 0 Å². The summed E-state index contributed by atoms with van der Waals surface area (Å²) >= 11 is 5.86. The van der Waals surface area contributed by atoms with Gasteiger partial charge in [0.25, 0.3) is 0 Å². The molecular formula is C21H23ClFN5O. The zero-order valence-electron chi connectivity index (χ0n) is 16.3. The zero-order chi connectivity index (χ0) is 20.5. The summed E-state index contributed by atoms with van der Waals surface area (Å²) in [6.07, 6.45) is 1.46. The van der Waals surface area contributed by atoms with Crippen LogP contribution in [0.1, 0.15) is 6.92 Å². The minimum Gasteiger partial charge on any atom is -0.491 e. The summed E-state index contributed by atoms with van der Waals surface area (Å²) in [5, 5.41) is 3.92. The highest BCUT2D eigenvalue weighted by atomic mass is 35.5. The highest BCUT2D eigenvalue weighted by Crippen LogP contribution is 2.33. The molecule has 2 heterocycles. The van der Waals surface area contributed by atoms with Gasteiger partial charge in [-0.2, -0.15) is 0 Å². The maximum atomic E-state index is 13.4. The van der Waals surface area contributed by atoms with Crippen molar-refractivity contribution in [1.82, 2.24) is 14.9 Å². The molecule has 0 amide bonds. The number of anilines is 3. The smallest absolute Gasteiger partial charge is 0.144 e. The summed E-state index contributed by atoms with van der Waals surface area (Å²) in [6, 6.07) is 8.03. The molecule has 0 saturated carbocycles. The van der Waals surface area contributed by atoms with Crippen molar-refractivity contribution in [2.24, 2.45) is 11.8 Å². The highest BCUT2D eigenvalue weighted by molar-refractivity contribution is 6.31. The van der Waals surface area contributed by atoms with Gasteiger partial charge in [-0.15, -0.1) is 0 Å². The lowest BCUT2D eigenvalue weighted by Crippen LogP contribution is -2.19. The van der Waals surface area contributed by atoms with E-state index in [9.17, 15) is 4.39 Å². The number of nitrogens with two attached hydrogens (primary N) is 1. The number of ether oxygens (including phenoxy) is 1. The van der Waals surface area contributed by atoms with Crippen LogP contribution in [-0.4, -0.2) is 41.6 Å².